The van der Waals surface area contributed by atoms with E-state index in [4.69, 9.17) is 11.6 Å². The van der Waals surface area contributed by atoms with E-state index in [0.29, 0.717) is 22.1 Å². The Morgan fingerprint density at radius 1 is 1.38 bits per heavy atom. The largest absolute Gasteiger partial charge is 0.298 e. The Morgan fingerprint density at radius 3 is 2.86 bits per heavy atom. The lowest BCUT2D eigenvalue weighted by Gasteiger charge is -2.05. The number of benzene rings is 1. The zero-order valence-electron chi connectivity index (χ0n) is 11.4. The summed E-state index contributed by atoms with van der Waals surface area (Å²) in [4.78, 5) is 11.3. The summed E-state index contributed by atoms with van der Waals surface area (Å²) in [6, 6.07) is 9.99. The molecule has 0 fully saturated rings. The van der Waals surface area contributed by atoms with E-state index in [0.717, 1.165) is 11.8 Å². The third kappa shape index (κ3) is 2.91. The molecule has 0 N–H and O–H groups in total. The number of hydrogen-bond acceptors (Lipinski definition) is 3. The van der Waals surface area contributed by atoms with Crippen molar-refractivity contribution < 1.29 is 4.79 Å². The van der Waals surface area contributed by atoms with E-state index < -0.39 is 0 Å². The van der Waals surface area contributed by atoms with E-state index in [-0.39, 0.29) is 0 Å². The van der Waals surface area contributed by atoms with Crippen LogP contribution in [0.4, 0.5) is 0 Å². The highest BCUT2D eigenvalue weighted by atomic mass is 35.5. The molecule has 1 aromatic carbocycles. The van der Waals surface area contributed by atoms with Gasteiger partial charge in [0.1, 0.15) is 5.69 Å². The second-order valence-corrected chi connectivity index (χ2v) is 6.36. The molecule has 3 rings (SSSR count). The molecule has 0 spiro atoms. The van der Waals surface area contributed by atoms with Crippen LogP contribution in [0, 0.1) is 6.92 Å². The van der Waals surface area contributed by atoms with Gasteiger partial charge in [0.2, 0.25) is 0 Å². The zero-order valence-corrected chi connectivity index (χ0v) is 13.0. The first-order valence-electron chi connectivity index (χ1n) is 6.49. The maximum Gasteiger partial charge on any atom is 0.153 e. The summed E-state index contributed by atoms with van der Waals surface area (Å²) in [5.41, 5.74) is 4.54. The lowest BCUT2D eigenvalue weighted by atomic mass is 10.1. The quantitative estimate of drug-likeness (QED) is 0.667. The monoisotopic (exact) mass is 316 g/mol. The van der Waals surface area contributed by atoms with Crippen LogP contribution >= 0.6 is 22.9 Å². The Labute approximate surface area is 131 Å². The lowest BCUT2D eigenvalue weighted by molar-refractivity contribution is 0.112. The van der Waals surface area contributed by atoms with Crippen molar-refractivity contribution in [2.45, 2.75) is 13.5 Å². The highest BCUT2D eigenvalue weighted by molar-refractivity contribution is 7.14. The number of thiophene rings is 1. The molecule has 0 bridgehead atoms. The van der Waals surface area contributed by atoms with Gasteiger partial charge in [-0.3, -0.25) is 9.48 Å². The molecule has 5 heteroatoms. The normalized spacial score (nSPS) is 10.8. The van der Waals surface area contributed by atoms with Gasteiger partial charge in [0.25, 0.3) is 0 Å². The van der Waals surface area contributed by atoms with Crippen molar-refractivity contribution in [3.8, 4) is 11.3 Å². The number of nitrogens with zero attached hydrogens (tertiary/aromatic N) is 2. The van der Waals surface area contributed by atoms with Gasteiger partial charge in [0, 0.05) is 17.1 Å². The van der Waals surface area contributed by atoms with Crippen LogP contribution in [0.15, 0.2) is 41.9 Å². The van der Waals surface area contributed by atoms with Gasteiger partial charge in [-0.2, -0.15) is 5.10 Å². The van der Waals surface area contributed by atoms with Crippen molar-refractivity contribution in [1.82, 2.24) is 9.78 Å². The fourth-order valence-electron chi connectivity index (χ4n) is 2.22. The molecule has 0 unspecified atom stereocenters. The summed E-state index contributed by atoms with van der Waals surface area (Å²) < 4.78 is 2.49. The van der Waals surface area contributed by atoms with E-state index in [9.17, 15) is 4.79 Å². The third-order valence-corrected chi connectivity index (χ3v) is 4.44. The smallest absolute Gasteiger partial charge is 0.153 e. The fraction of sp³-hybridized carbons (Fsp3) is 0.125. The number of aldehydes is 1. The number of halogens is 1. The molecule has 106 valence electrons. The van der Waals surface area contributed by atoms with Crippen LogP contribution in [0.3, 0.4) is 0 Å². The van der Waals surface area contributed by atoms with Crippen molar-refractivity contribution in [2.75, 3.05) is 0 Å². The molecular weight excluding hydrogens is 304 g/mol. The summed E-state index contributed by atoms with van der Waals surface area (Å²) in [6.07, 6.45) is 2.61. The fourth-order valence-corrected chi connectivity index (χ4v) is 3.09. The molecular formula is C16H13ClN2OS. The molecule has 0 radical (unpaired) electrons. The van der Waals surface area contributed by atoms with Gasteiger partial charge in [-0.1, -0.05) is 35.9 Å². The predicted octanol–water partition coefficient (Wildman–Crippen LogP) is 4.43. The minimum absolute atomic E-state index is 0.582. The van der Waals surface area contributed by atoms with Gasteiger partial charge in [0.05, 0.1) is 16.4 Å². The summed E-state index contributed by atoms with van der Waals surface area (Å²) in [6.45, 7) is 2.71. The maximum atomic E-state index is 11.3. The average Bonchev–Trinajstić information content (AvgIpc) is 3.07. The van der Waals surface area contributed by atoms with Crippen molar-refractivity contribution in [1.29, 1.82) is 0 Å². The first-order chi connectivity index (χ1) is 10.2. The minimum Gasteiger partial charge on any atom is -0.298 e. The van der Waals surface area contributed by atoms with Crippen molar-refractivity contribution in [3.63, 3.8) is 0 Å². The molecule has 0 atom stereocenters. The van der Waals surface area contributed by atoms with Crippen LogP contribution in [-0.2, 0) is 6.54 Å². The van der Waals surface area contributed by atoms with Gasteiger partial charge in [-0.25, -0.2) is 0 Å². The molecule has 2 heterocycles. The van der Waals surface area contributed by atoms with Crippen molar-refractivity contribution in [3.05, 3.63) is 62.9 Å². The summed E-state index contributed by atoms with van der Waals surface area (Å²) in [5, 5.41) is 6.45. The third-order valence-electron chi connectivity index (χ3n) is 3.35. The van der Waals surface area contributed by atoms with E-state index in [1.165, 1.54) is 22.5 Å². The number of rotatable bonds is 4. The Kier molecular flexibility index (Phi) is 3.90. The van der Waals surface area contributed by atoms with Crippen LogP contribution in [0.2, 0.25) is 4.34 Å². The van der Waals surface area contributed by atoms with Crippen LogP contribution < -0.4 is 0 Å². The number of carbonyl (C=O) groups excluding carboxylic acids is 1. The summed E-state index contributed by atoms with van der Waals surface area (Å²) in [5.74, 6) is 0. The molecule has 0 aliphatic heterocycles. The molecule has 0 saturated carbocycles. The second kappa shape index (κ2) is 5.84. The van der Waals surface area contributed by atoms with E-state index in [1.807, 2.05) is 23.6 Å². The molecule has 0 aliphatic rings. The van der Waals surface area contributed by atoms with Gasteiger partial charge in [-0.15, -0.1) is 11.3 Å². The Hall–Kier alpha value is -1.91. The molecule has 3 nitrogen and oxygen atoms in total. The highest BCUT2D eigenvalue weighted by Crippen LogP contribution is 2.29. The summed E-state index contributed by atoms with van der Waals surface area (Å²) >= 11 is 7.39. The Balaban J connectivity index is 1.96. The Morgan fingerprint density at radius 2 is 2.19 bits per heavy atom. The van der Waals surface area contributed by atoms with E-state index in [2.05, 4.69) is 24.2 Å². The number of carbonyl (C=O) groups is 1. The highest BCUT2D eigenvalue weighted by Gasteiger charge is 2.12. The van der Waals surface area contributed by atoms with Gasteiger partial charge in [-0.05, 0) is 24.1 Å². The number of aromatic nitrogens is 2. The van der Waals surface area contributed by atoms with Crippen molar-refractivity contribution in [2.24, 2.45) is 0 Å². The topological polar surface area (TPSA) is 34.9 Å². The molecule has 0 amide bonds. The van der Waals surface area contributed by atoms with Gasteiger partial charge >= 0.3 is 0 Å². The molecule has 2 aromatic heterocycles. The van der Waals surface area contributed by atoms with Crippen LogP contribution in [0.5, 0.6) is 0 Å². The van der Waals surface area contributed by atoms with Crippen LogP contribution in [0.25, 0.3) is 11.3 Å². The number of hydrogen-bond donors (Lipinski definition) is 0. The van der Waals surface area contributed by atoms with Crippen LogP contribution in [-0.4, -0.2) is 16.1 Å². The lowest BCUT2D eigenvalue weighted by Crippen LogP contribution is -2.01. The van der Waals surface area contributed by atoms with Gasteiger partial charge < -0.3 is 0 Å². The molecule has 0 saturated heterocycles. The number of aryl methyl sites for hydroxylation is 1. The van der Waals surface area contributed by atoms with E-state index >= 15 is 0 Å². The SMILES string of the molecule is Cc1ccccc1Cn1cc(C=O)c(-c2csc(Cl)c2)n1. The Bertz CT molecular complexity index is 791. The van der Waals surface area contributed by atoms with Gasteiger partial charge in [0.15, 0.2) is 6.29 Å². The molecule has 21 heavy (non-hydrogen) atoms. The maximum absolute atomic E-state index is 11.3. The average molecular weight is 317 g/mol. The van der Waals surface area contributed by atoms with Crippen LogP contribution in [0.1, 0.15) is 21.5 Å². The van der Waals surface area contributed by atoms with Crippen molar-refractivity contribution >= 4 is 29.2 Å². The first kappa shape index (κ1) is 14.0. The second-order valence-electron chi connectivity index (χ2n) is 4.81. The molecule has 3 aromatic rings. The molecule has 0 aliphatic carbocycles. The minimum atomic E-state index is 0.582. The zero-order chi connectivity index (χ0) is 14.8. The predicted molar refractivity (Wildman–Crippen MR) is 86.2 cm³/mol. The standard InChI is InChI=1S/C16H13ClN2OS/c1-11-4-2-3-5-12(11)7-19-8-14(9-20)16(18-19)13-6-15(17)21-10-13/h2-6,8-10H,7H2,1H3. The van der Waals surface area contributed by atoms with E-state index in [1.54, 1.807) is 10.9 Å². The first-order valence-corrected chi connectivity index (χ1v) is 7.74. The summed E-state index contributed by atoms with van der Waals surface area (Å²) in [7, 11) is 0.